The van der Waals surface area contributed by atoms with Gasteiger partial charge in [-0.15, -0.1) is 0 Å². The van der Waals surface area contributed by atoms with Crippen LogP contribution in [0.4, 0.5) is 0 Å². The molecule has 0 radical (unpaired) electrons. The molecule has 106 valence electrons. The fourth-order valence-electron chi connectivity index (χ4n) is 2.47. The summed E-state index contributed by atoms with van der Waals surface area (Å²) in [7, 11) is 0. The quantitative estimate of drug-likeness (QED) is 0.786. The molecule has 0 aliphatic carbocycles. The van der Waals surface area contributed by atoms with Crippen molar-refractivity contribution in [1.82, 2.24) is 5.32 Å². The predicted octanol–water partition coefficient (Wildman–Crippen LogP) is 1.68. The van der Waals surface area contributed by atoms with Gasteiger partial charge in [0.05, 0.1) is 6.61 Å². The molecule has 1 saturated heterocycles. The van der Waals surface area contributed by atoms with Crippen LogP contribution < -0.4 is 11.1 Å². The predicted molar refractivity (Wildman–Crippen MR) is 73.2 cm³/mol. The Kier molecular flexibility index (Phi) is 5.60. The van der Waals surface area contributed by atoms with E-state index in [1.807, 2.05) is 6.92 Å². The van der Waals surface area contributed by atoms with Crippen molar-refractivity contribution < 1.29 is 9.53 Å². The van der Waals surface area contributed by atoms with Gasteiger partial charge in [-0.3, -0.25) is 4.79 Å². The molecular formula is C14H28N2O2. The normalized spacial score (nSPS) is 23.7. The van der Waals surface area contributed by atoms with E-state index in [2.05, 4.69) is 26.1 Å². The zero-order valence-corrected chi connectivity index (χ0v) is 12.2. The fourth-order valence-corrected chi connectivity index (χ4v) is 2.47. The molecule has 1 fully saturated rings. The van der Waals surface area contributed by atoms with Gasteiger partial charge in [-0.2, -0.15) is 0 Å². The first-order chi connectivity index (χ1) is 8.28. The summed E-state index contributed by atoms with van der Waals surface area (Å²) in [5, 5.41) is 3.04. The number of nitrogens with one attached hydrogen (secondary N) is 1. The molecule has 18 heavy (non-hydrogen) atoms. The Morgan fingerprint density at radius 3 is 2.67 bits per heavy atom. The molecule has 1 amide bonds. The minimum atomic E-state index is -0.0583. The van der Waals surface area contributed by atoms with Crippen molar-refractivity contribution in [2.24, 2.45) is 17.1 Å². The third-order valence-electron chi connectivity index (χ3n) is 3.38. The van der Waals surface area contributed by atoms with Gasteiger partial charge in [0, 0.05) is 31.0 Å². The molecule has 0 bridgehead atoms. The molecule has 3 N–H and O–H groups in total. The van der Waals surface area contributed by atoms with Crippen LogP contribution in [0, 0.1) is 11.3 Å². The zero-order valence-electron chi connectivity index (χ0n) is 12.2. The average molecular weight is 256 g/mol. The minimum absolute atomic E-state index is 0.0583. The Labute approximate surface area is 111 Å². The Balaban J connectivity index is 2.27. The minimum Gasteiger partial charge on any atom is -0.381 e. The molecule has 0 aromatic heterocycles. The van der Waals surface area contributed by atoms with E-state index in [1.54, 1.807) is 0 Å². The van der Waals surface area contributed by atoms with Gasteiger partial charge in [-0.1, -0.05) is 20.8 Å². The molecule has 3 atom stereocenters. The van der Waals surface area contributed by atoms with E-state index in [4.69, 9.17) is 10.5 Å². The Morgan fingerprint density at radius 1 is 1.50 bits per heavy atom. The molecule has 1 aliphatic heterocycles. The highest BCUT2D eigenvalue weighted by molar-refractivity contribution is 5.76. The van der Waals surface area contributed by atoms with Crippen LogP contribution in [-0.2, 0) is 9.53 Å². The lowest BCUT2D eigenvalue weighted by molar-refractivity contribution is -0.122. The standard InChI is InChI=1S/C14H28N2O2/c1-10(11-5-6-18-9-11)16-13(17)7-12(15)8-14(2,3)4/h10-12H,5-9,15H2,1-4H3,(H,16,17). The highest BCUT2D eigenvalue weighted by Crippen LogP contribution is 2.21. The summed E-state index contributed by atoms with van der Waals surface area (Å²) in [6.07, 6.45) is 2.31. The van der Waals surface area contributed by atoms with Crippen molar-refractivity contribution in [3.8, 4) is 0 Å². The van der Waals surface area contributed by atoms with E-state index in [1.165, 1.54) is 0 Å². The Hall–Kier alpha value is -0.610. The highest BCUT2D eigenvalue weighted by Gasteiger charge is 2.24. The number of hydrogen-bond donors (Lipinski definition) is 2. The third-order valence-corrected chi connectivity index (χ3v) is 3.38. The highest BCUT2D eigenvalue weighted by atomic mass is 16.5. The third kappa shape index (κ3) is 5.83. The van der Waals surface area contributed by atoms with Crippen molar-refractivity contribution in [3.63, 3.8) is 0 Å². The molecule has 3 unspecified atom stereocenters. The molecule has 4 heteroatoms. The lowest BCUT2D eigenvalue weighted by atomic mass is 9.87. The summed E-state index contributed by atoms with van der Waals surface area (Å²) < 4.78 is 5.33. The average Bonchev–Trinajstić information content (AvgIpc) is 2.65. The lowest BCUT2D eigenvalue weighted by Crippen LogP contribution is -2.41. The van der Waals surface area contributed by atoms with E-state index in [-0.39, 0.29) is 23.4 Å². The monoisotopic (exact) mass is 256 g/mol. The maximum atomic E-state index is 11.9. The summed E-state index contributed by atoms with van der Waals surface area (Å²) >= 11 is 0. The molecule has 0 saturated carbocycles. The van der Waals surface area contributed by atoms with E-state index in [0.717, 1.165) is 26.1 Å². The SMILES string of the molecule is CC(NC(=O)CC(N)CC(C)(C)C)C1CCOC1. The zero-order chi connectivity index (χ0) is 13.8. The van der Waals surface area contributed by atoms with Crippen molar-refractivity contribution >= 4 is 5.91 Å². The van der Waals surface area contributed by atoms with Crippen LogP contribution in [0.2, 0.25) is 0 Å². The van der Waals surface area contributed by atoms with Gasteiger partial charge in [-0.05, 0) is 25.2 Å². The molecule has 0 spiro atoms. The lowest BCUT2D eigenvalue weighted by Gasteiger charge is -2.24. The summed E-state index contributed by atoms with van der Waals surface area (Å²) in [5.74, 6) is 0.513. The fraction of sp³-hybridized carbons (Fsp3) is 0.929. The van der Waals surface area contributed by atoms with Gasteiger partial charge in [-0.25, -0.2) is 0 Å². The largest absolute Gasteiger partial charge is 0.381 e. The van der Waals surface area contributed by atoms with Gasteiger partial charge in [0.15, 0.2) is 0 Å². The van der Waals surface area contributed by atoms with E-state index in [0.29, 0.717) is 12.3 Å². The summed E-state index contributed by atoms with van der Waals surface area (Å²) in [5.41, 5.74) is 6.18. The van der Waals surface area contributed by atoms with Crippen LogP contribution in [0.25, 0.3) is 0 Å². The number of rotatable bonds is 5. The van der Waals surface area contributed by atoms with Crippen molar-refractivity contribution in [3.05, 3.63) is 0 Å². The van der Waals surface area contributed by atoms with Gasteiger partial charge >= 0.3 is 0 Å². The van der Waals surface area contributed by atoms with Crippen molar-refractivity contribution in [2.75, 3.05) is 13.2 Å². The second kappa shape index (κ2) is 6.53. The molecule has 4 nitrogen and oxygen atoms in total. The molecule has 0 aromatic carbocycles. The summed E-state index contributed by atoms with van der Waals surface area (Å²) in [6.45, 7) is 10.0. The maximum Gasteiger partial charge on any atom is 0.221 e. The molecule has 1 rings (SSSR count). The van der Waals surface area contributed by atoms with Gasteiger partial charge in [0.25, 0.3) is 0 Å². The number of hydrogen-bond acceptors (Lipinski definition) is 3. The van der Waals surface area contributed by atoms with Crippen LogP contribution in [0.3, 0.4) is 0 Å². The van der Waals surface area contributed by atoms with Gasteiger partial charge < -0.3 is 15.8 Å². The topological polar surface area (TPSA) is 64.4 Å². The number of ether oxygens (including phenoxy) is 1. The number of carbonyl (C=O) groups is 1. The smallest absolute Gasteiger partial charge is 0.221 e. The summed E-state index contributed by atoms with van der Waals surface area (Å²) in [4.78, 5) is 11.9. The Bertz CT molecular complexity index is 267. The molecule has 1 heterocycles. The Morgan fingerprint density at radius 2 is 2.17 bits per heavy atom. The second-order valence-electron chi connectivity index (χ2n) is 6.71. The first-order valence-corrected chi connectivity index (χ1v) is 6.90. The van der Waals surface area contributed by atoms with Crippen LogP contribution in [0.5, 0.6) is 0 Å². The van der Waals surface area contributed by atoms with Gasteiger partial charge in [0.1, 0.15) is 0 Å². The first-order valence-electron chi connectivity index (χ1n) is 6.90. The van der Waals surface area contributed by atoms with Gasteiger partial charge in [0.2, 0.25) is 5.91 Å². The molecule has 0 aromatic rings. The van der Waals surface area contributed by atoms with Crippen LogP contribution in [0.15, 0.2) is 0 Å². The van der Waals surface area contributed by atoms with Crippen LogP contribution in [-0.4, -0.2) is 31.2 Å². The number of nitrogens with two attached hydrogens (primary N) is 1. The maximum absolute atomic E-state index is 11.9. The van der Waals surface area contributed by atoms with Crippen molar-refractivity contribution in [2.45, 2.75) is 59.0 Å². The molecular weight excluding hydrogens is 228 g/mol. The number of carbonyl (C=O) groups excluding carboxylic acids is 1. The second-order valence-corrected chi connectivity index (χ2v) is 6.71. The summed E-state index contributed by atoms with van der Waals surface area (Å²) in [6, 6.07) is 0.124. The van der Waals surface area contributed by atoms with E-state index < -0.39 is 0 Å². The first kappa shape index (κ1) is 15.4. The van der Waals surface area contributed by atoms with Crippen molar-refractivity contribution in [1.29, 1.82) is 0 Å². The van der Waals surface area contributed by atoms with Crippen LogP contribution >= 0.6 is 0 Å². The number of amides is 1. The molecule has 1 aliphatic rings. The van der Waals surface area contributed by atoms with E-state index in [9.17, 15) is 4.79 Å². The van der Waals surface area contributed by atoms with E-state index >= 15 is 0 Å². The van der Waals surface area contributed by atoms with Crippen LogP contribution in [0.1, 0.15) is 47.0 Å².